The van der Waals surface area contributed by atoms with Gasteiger partial charge in [-0.25, -0.2) is 4.39 Å². The maximum atomic E-state index is 13.4. The van der Waals surface area contributed by atoms with E-state index in [1.165, 1.54) is 18.6 Å². The average molecular weight is 288 g/mol. The van der Waals surface area contributed by atoms with Gasteiger partial charge >= 0.3 is 0 Å². The standard InChI is InChI=1S/C17H21FN2O/c1-2-7-20-8-5-12(6-9-20)16-11-19-17(21)15-10-13(18)3-4-14(15)16/h3-4,10-12H,2,5-9H2,1H3,(H,19,21). The predicted octanol–water partition coefficient (Wildman–Crippen LogP) is 3.26. The summed E-state index contributed by atoms with van der Waals surface area (Å²) in [5, 5.41) is 1.36. The third kappa shape index (κ3) is 2.86. The Balaban J connectivity index is 1.91. The number of fused-ring (bicyclic) bond motifs is 1. The van der Waals surface area contributed by atoms with Crippen LogP contribution in [-0.2, 0) is 0 Å². The van der Waals surface area contributed by atoms with Crippen molar-refractivity contribution in [2.75, 3.05) is 19.6 Å². The number of piperidine rings is 1. The van der Waals surface area contributed by atoms with Gasteiger partial charge in [-0.1, -0.05) is 13.0 Å². The number of rotatable bonds is 3. The van der Waals surface area contributed by atoms with Crippen molar-refractivity contribution >= 4 is 10.8 Å². The molecule has 1 N–H and O–H groups in total. The van der Waals surface area contributed by atoms with Crippen molar-refractivity contribution < 1.29 is 4.39 Å². The Bertz CT molecular complexity index is 687. The van der Waals surface area contributed by atoms with Gasteiger partial charge in [-0.3, -0.25) is 4.79 Å². The van der Waals surface area contributed by atoms with Gasteiger partial charge in [0.1, 0.15) is 5.82 Å². The Kier molecular flexibility index (Phi) is 4.06. The van der Waals surface area contributed by atoms with Gasteiger partial charge in [0.15, 0.2) is 0 Å². The Morgan fingerprint density at radius 2 is 2.05 bits per heavy atom. The van der Waals surface area contributed by atoms with E-state index in [0.717, 1.165) is 43.4 Å². The van der Waals surface area contributed by atoms with Gasteiger partial charge in [0.05, 0.1) is 5.39 Å². The molecule has 1 saturated heterocycles. The van der Waals surface area contributed by atoms with Crippen LogP contribution in [-0.4, -0.2) is 29.5 Å². The predicted molar refractivity (Wildman–Crippen MR) is 83.2 cm³/mol. The van der Waals surface area contributed by atoms with Crippen molar-refractivity contribution in [3.8, 4) is 0 Å². The summed E-state index contributed by atoms with van der Waals surface area (Å²) >= 11 is 0. The van der Waals surface area contributed by atoms with Crippen molar-refractivity contribution in [2.24, 2.45) is 0 Å². The number of likely N-dealkylation sites (tertiary alicyclic amines) is 1. The fraction of sp³-hybridized carbons (Fsp3) is 0.471. The lowest BCUT2D eigenvalue weighted by atomic mass is 9.87. The summed E-state index contributed by atoms with van der Waals surface area (Å²) < 4.78 is 13.4. The quantitative estimate of drug-likeness (QED) is 0.941. The van der Waals surface area contributed by atoms with Gasteiger partial charge in [-0.2, -0.15) is 0 Å². The van der Waals surface area contributed by atoms with Crippen LogP contribution >= 0.6 is 0 Å². The molecule has 0 amide bonds. The molecule has 0 aliphatic carbocycles. The molecule has 1 aromatic heterocycles. The lowest BCUT2D eigenvalue weighted by Gasteiger charge is -2.32. The molecule has 112 valence electrons. The van der Waals surface area contributed by atoms with Gasteiger partial charge in [0.2, 0.25) is 0 Å². The zero-order valence-electron chi connectivity index (χ0n) is 12.4. The molecule has 0 saturated carbocycles. The summed E-state index contributed by atoms with van der Waals surface area (Å²) in [7, 11) is 0. The second kappa shape index (κ2) is 5.98. The summed E-state index contributed by atoms with van der Waals surface area (Å²) in [4.78, 5) is 17.1. The zero-order chi connectivity index (χ0) is 14.8. The molecule has 0 spiro atoms. The number of benzene rings is 1. The number of nitrogens with one attached hydrogen (secondary N) is 1. The van der Waals surface area contributed by atoms with Gasteiger partial charge in [0, 0.05) is 6.20 Å². The summed E-state index contributed by atoms with van der Waals surface area (Å²) in [6.07, 6.45) is 5.20. The third-order valence-corrected chi connectivity index (χ3v) is 4.46. The number of pyridine rings is 1. The highest BCUT2D eigenvalue weighted by Crippen LogP contribution is 2.31. The Morgan fingerprint density at radius 1 is 1.29 bits per heavy atom. The molecule has 1 aliphatic rings. The van der Waals surface area contributed by atoms with Crippen LogP contribution in [0, 0.1) is 5.82 Å². The number of nitrogens with zero attached hydrogens (tertiary/aromatic N) is 1. The molecule has 21 heavy (non-hydrogen) atoms. The molecule has 0 radical (unpaired) electrons. The minimum absolute atomic E-state index is 0.211. The Morgan fingerprint density at radius 3 is 2.76 bits per heavy atom. The van der Waals surface area contributed by atoms with E-state index in [4.69, 9.17) is 0 Å². The van der Waals surface area contributed by atoms with Gasteiger partial charge in [0.25, 0.3) is 5.56 Å². The van der Waals surface area contributed by atoms with Crippen molar-refractivity contribution in [2.45, 2.75) is 32.1 Å². The van der Waals surface area contributed by atoms with Crippen molar-refractivity contribution in [3.63, 3.8) is 0 Å². The van der Waals surface area contributed by atoms with E-state index in [1.54, 1.807) is 6.07 Å². The summed E-state index contributed by atoms with van der Waals surface area (Å²) in [6.45, 7) is 5.56. The molecular weight excluding hydrogens is 267 g/mol. The molecule has 0 atom stereocenters. The second-order valence-corrected chi connectivity index (χ2v) is 5.88. The van der Waals surface area contributed by atoms with E-state index in [9.17, 15) is 9.18 Å². The molecule has 1 aromatic carbocycles. The number of aromatic amines is 1. The maximum Gasteiger partial charge on any atom is 0.255 e. The van der Waals surface area contributed by atoms with Gasteiger partial charge < -0.3 is 9.88 Å². The van der Waals surface area contributed by atoms with Crippen LogP contribution < -0.4 is 5.56 Å². The molecule has 2 aromatic rings. The molecule has 1 aliphatic heterocycles. The van der Waals surface area contributed by atoms with Crippen molar-refractivity contribution in [1.82, 2.24) is 9.88 Å². The highest BCUT2D eigenvalue weighted by atomic mass is 19.1. The van der Waals surface area contributed by atoms with E-state index < -0.39 is 0 Å². The fourth-order valence-electron chi connectivity index (χ4n) is 3.38. The second-order valence-electron chi connectivity index (χ2n) is 5.88. The van der Waals surface area contributed by atoms with Gasteiger partial charge in [-0.05, 0) is 67.9 Å². The third-order valence-electron chi connectivity index (χ3n) is 4.46. The fourth-order valence-corrected chi connectivity index (χ4v) is 3.38. The Labute approximate surface area is 123 Å². The minimum atomic E-state index is -0.358. The first kappa shape index (κ1) is 14.3. The normalized spacial score (nSPS) is 17.4. The van der Waals surface area contributed by atoms with E-state index in [2.05, 4.69) is 16.8 Å². The first-order valence-electron chi connectivity index (χ1n) is 7.72. The zero-order valence-corrected chi connectivity index (χ0v) is 12.4. The van der Waals surface area contributed by atoms with E-state index in [-0.39, 0.29) is 11.4 Å². The number of aromatic nitrogens is 1. The highest BCUT2D eigenvalue weighted by Gasteiger charge is 2.22. The molecule has 0 bridgehead atoms. The average Bonchev–Trinajstić information content (AvgIpc) is 2.50. The summed E-state index contributed by atoms with van der Waals surface area (Å²) in [5.41, 5.74) is 0.942. The van der Waals surface area contributed by atoms with Crippen LogP contribution in [0.3, 0.4) is 0 Å². The number of halogens is 1. The lowest BCUT2D eigenvalue weighted by Crippen LogP contribution is -2.33. The smallest absolute Gasteiger partial charge is 0.255 e. The first-order chi connectivity index (χ1) is 10.2. The van der Waals surface area contributed by atoms with E-state index in [0.29, 0.717) is 11.3 Å². The summed E-state index contributed by atoms with van der Waals surface area (Å²) in [6, 6.07) is 4.52. The van der Waals surface area contributed by atoms with Gasteiger partial charge in [-0.15, -0.1) is 0 Å². The SMILES string of the molecule is CCCN1CCC(c2c[nH]c(=O)c3cc(F)ccc23)CC1. The minimum Gasteiger partial charge on any atom is -0.328 e. The van der Waals surface area contributed by atoms with Crippen LogP contribution in [0.5, 0.6) is 0 Å². The molecule has 2 heterocycles. The number of hydrogen-bond acceptors (Lipinski definition) is 2. The van der Waals surface area contributed by atoms with Crippen molar-refractivity contribution in [3.05, 3.63) is 46.1 Å². The van der Waals surface area contributed by atoms with Crippen molar-refractivity contribution in [1.29, 1.82) is 0 Å². The van der Waals surface area contributed by atoms with E-state index in [1.807, 2.05) is 6.20 Å². The first-order valence-corrected chi connectivity index (χ1v) is 7.72. The van der Waals surface area contributed by atoms with Crippen LogP contribution in [0.1, 0.15) is 37.7 Å². The molecule has 3 rings (SSSR count). The molecular formula is C17H21FN2O. The molecule has 0 unspecified atom stereocenters. The molecule has 3 nitrogen and oxygen atoms in total. The number of hydrogen-bond donors (Lipinski definition) is 1. The molecule has 4 heteroatoms. The van der Waals surface area contributed by atoms with Crippen LogP contribution in [0.4, 0.5) is 4.39 Å². The van der Waals surface area contributed by atoms with E-state index >= 15 is 0 Å². The largest absolute Gasteiger partial charge is 0.328 e. The highest BCUT2D eigenvalue weighted by molar-refractivity contribution is 5.85. The lowest BCUT2D eigenvalue weighted by molar-refractivity contribution is 0.213. The van der Waals surface area contributed by atoms with Crippen LogP contribution in [0.25, 0.3) is 10.8 Å². The van der Waals surface area contributed by atoms with Crippen LogP contribution in [0.2, 0.25) is 0 Å². The molecule has 1 fully saturated rings. The monoisotopic (exact) mass is 288 g/mol. The Hall–Kier alpha value is -1.68. The topological polar surface area (TPSA) is 36.1 Å². The van der Waals surface area contributed by atoms with Crippen LogP contribution in [0.15, 0.2) is 29.2 Å². The summed E-state index contributed by atoms with van der Waals surface area (Å²) in [5.74, 6) is 0.0887. The number of H-pyrrole nitrogens is 1. The maximum absolute atomic E-state index is 13.4.